The van der Waals surface area contributed by atoms with Gasteiger partial charge in [0.15, 0.2) is 28.9 Å². The minimum Gasteiger partial charge on any atom is -0.504 e. The van der Waals surface area contributed by atoms with Crippen LogP contribution in [0.4, 0.5) is 30.8 Å². The van der Waals surface area contributed by atoms with Gasteiger partial charge in [0.1, 0.15) is 29.1 Å². The van der Waals surface area contributed by atoms with Crippen molar-refractivity contribution < 1.29 is 51.6 Å². The quantitative estimate of drug-likeness (QED) is 0.120. The van der Waals surface area contributed by atoms with E-state index in [2.05, 4.69) is 20.1 Å². The molecule has 2 atom stereocenters. The van der Waals surface area contributed by atoms with Crippen LogP contribution in [0, 0.1) is 23.0 Å². The number of likely N-dealkylation sites (tertiary alicyclic amines) is 1. The summed E-state index contributed by atoms with van der Waals surface area (Å²) in [5.41, 5.74) is -2.20. The molecule has 4 fully saturated rings. The molecule has 5 N–H and O–H groups in total. The van der Waals surface area contributed by atoms with Gasteiger partial charge in [-0.25, -0.2) is 18.6 Å². The van der Waals surface area contributed by atoms with Crippen molar-refractivity contribution in [3.8, 4) is 23.3 Å². The van der Waals surface area contributed by atoms with Crippen molar-refractivity contribution in [1.82, 2.24) is 33.9 Å². The first kappa shape index (κ1) is 47.6. The number of aliphatic hydroxyl groups is 2. The van der Waals surface area contributed by atoms with E-state index in [1.165, 1.54) is 41.0 Å². The highest BCUT2D eigenvalue weighted by Crippen LogP contribution is 2.43. The van der Waals surface area contributed by atoms with E-state index in [1.54, 1.807) is 30.8 Å². The van der Waals surface area contributed by atoms with Crippen LogP contribution in [0.15, 0.2) is 47.5 Å². The lowest BCUT2D eigenvalue weighted by atomic mass is 9.85. The molecule has 3 aromatic carbocycles. The molecule has 366 valence electrons. The molecule has 69 heavy (non-hydrogen) atoms. The van der Waals surface area contributed by atoms with Crippen LogP contribution in [0.2, 0.25) is 0 Å². The topological polar surface area (TPSA) is 261 Å². The maximum Gasteiger partial charge on any atom is 0.329 e. The van der Waals surface area contributed by atoms with Crippen molar-refractivity contribution >= 4 is 61.1 Å². The SMILES string of the molecule is CCN(C)S(=O)(=O)Nc1ccc(F)c(Oc2ccc3ncn([C@H]4COC5(CCN(C(O)CC6(O)CCN(c7cc8c(cc7F)c(N7CCC(=O)NC7=O)nn8C)CC6)CC5)C4)c(=O)c3c2O)c1C#N. The van der Waals surface area contributed by atoms with Crippen molar-refractivity contribution in [2.75, 3.05) is 67.4 Å². The average Bonchev–Trinajstić information content (AvgIpc) is 3.87. The number of rotatable bonds is 12. The monoisotopic (exact) mass is 975 g/mol. The van der Waals surface area contributed by atoms with Crippen LogP contribution < -0.4 is 30.1 Å². The number of hydrogen-bond donors (Lipinski definition) is 5. The Morgan fingerprint density at radius 3 is 2.51 bits per heavy atom. The number of aromatic nitrogens is 4. The van der Waals surface area contributed by atoms with Crippen molar-refractivity contribution in [3.63, 3.8) is 0 Å². The lowest BCUT2D eigenvalue weighted by Crippen LogP contribution is -2.52. The molecular weight excluding hydrogens is 925 g/mol. The molecule has 0 saturated carbocycles. The second-order valence-corrected chi connectivity index (χ2v) is 19.9. The number of amides is 3. The van der Waals surface area contributed by atoms with Crippen LogP contribution in [0.1, 0.15) is 63.5 Å². The van der Waals surface area contributed by atoms with Gasteiger partial charge in [0, 0.05) is 71.6 Å². The number of phenols is 1. The maximum absolute atomic E-state index is 15.8. The van der Waals surface area contributed by atoms with Crippen LogP contribution in [0.5, 0.6) is 17.2 Å². The Labute approximate surface area is 394 Å². The van der Waals surface area contributed by atoms with Crippen molar-refractivity contribution in [1.29, 1.82) is 5.26 Å². The number of imide groups is 1. The van der Waals surface area contributed by atoms with E-state index in [4.69, 9.17) is 9.47 Å². The average molecular weight is 976 g/mol. The van der Waals surface area contributed by atoms with Crippen LogP contribution in [0.25, 0.3) is 21.8 Å². The molecule has 9 rings (SSSR count). The van der Waals surface area contributed by atoms with Gasteiger partial charge >= 0.3 is 16.2 Å². The summed E-state index contributed by atoms with van der Waals surface area (Å²) in [7, 11) is -1.09. The van der Waals surface area contributed by atoms with Crippen molar-refractivity contribution in [2.45, 2.75) is 75.3 Å². The highest BCUT2D eigenvalue weighted by molar-refractivity contribution is 7.90. The molecule has 5 aromatic rings. The van der Waals surface area contributed by atoms with Crippen LogP contribution in [-0.2, 0) is 26.8 Å². The number of piperidine rings is 2. The van der Waals surface area contributed by atoms with Gasteiger partial charge in [-0.05, 0) is 68.5 Å². The fourth-order valence-corrected chi connectivity index (χ4v) is 10.7. The van der Waals surface area contributed by atoms with Gasteiger partial charge in [-0.2, -0.15) is 23.1 Å². The molecule has 1 spiro atoms. The zero-order valence-electron chi connectivity index (χ0n) is 38.0. The third-order valence-corrected chi connectivity index (χ3v) is 15.5. The highest BCUT2D eigenvalue weighted by Gasteiger charge is 2.46. The lowest BCUT2D eigenvalue weighted by Gasteiger charge is -2.44. The number of phenolic OH excluding ortho intramolecular Hbond substituents is 1. The van der Waals surface area contributed by atoms with Gasteiger partial charge in [0.25, 0.3) is 5.56 Å². The largest absolute Gasteiger partial charge is 0.504 e. The fraction of sp³-hybridized carbons (Fsp3) is 0.467. The van der Waals surface area contributed by atoms with Gasteiger partial charge in [-0.1, -0.05) is 6.92 Å². The Hall–Kier alpha value is -6.49. The number of nitrogens with zero attached hydrogens (tertiary/aromatic N) is 9. The summed E-state index contributed by atoms with van der Waals surface area (Å²) in [5, 5.41) is 51.3. The molecule has 4 aliphatic rings. The first-order chi connectivity index (χ1) is 32.8. The molecule has 0 bridgehead atoms. The molecule has 3 amide bonds. The normalized spacial score (nSPS) is 20.2. The summed E-state index contributed by atoms with van der Waals surface area (Å²) in [6, 6.07) is 8.27. The van der Waals surface area contributed by atoms with Crippen LogP contribution in [-0.4, -0.2) is 135 Å². The van der Waals surface area contributed by atoms with Crippen LogP contribution >= 0.6 is 0 Å². The summed E-state index contributed by atoms with van der Waals surface area (Å²) in [5.74, 6) is -3.40. The first-order valence-electron chi connectivity index (χ1n) is 22.5. The van der Waals surface area contributed by atoms with E-state index in [9.17, 15) is 43.4 Å². The Morgan fingerprint density at radius 2 is 1.81 bits per heavy atom. The minimum atomic E-state index is -4.10. The number of urea groups is 1. The van der Waals surface area contributed by atoms with E-state index >= 15 is 8.78 Å². The second kappa shape index (κ2) is 18.1. The number of carbonyl (C=O) groups excluding carboxylic acids is 2. The smallest absolute Gasteiger partial charge is 0.329 e. The Bertz CT molecular complexity index is 3090. The number of ether oxygens (including phenoxy) is 2. The molecule has 24 heteroatoms. The van der Waals surface area contributed by atoms with Gasteiger partial charge in [0.05, 0.1) is 52.6 Å². The molecular formula is C45H51F2N11O10S. The number of aliphatic hydroxyl groups excluding tert-OH is 1. The molecule has 1 unspecified atom stereocenters. The molecule has 2 aromatic heterocycles. The minimum absolute atomic E-state index is 0.0724. The van der Waals surface area contributed by atoms with Gasteiger partial charge in [0.2, 0.25) is 5.91 Å². The van der Waals surface area contributed by atoms with Gasteiger partial charge in [-0.3, -0.25) is 38.7 Å². The predicted molar refractivity (Wildman–Crippen MR) is 246 cm³/mol. The standard InChI is InChI=1S/C45H51F2N11O10S/c1-4-53(2)69(65,66)52-31-6-5-29(46)40(28(31)23-48)68-35-8-7-32-38(39(35)61)42(62)58(25-49-32)26-21-45(67-24-26)12-17-56(18-13-45)37(60)22-44(64)10-15-55(16-11-44)34-20-33-27(19-30(34)47)41(51-54(33)3)57-14-9-36(59)50-43(57)63/h5-8,19-20,25-26,37,52,60-61,64H,4,9-18,21-22,24H2,1-3H3,(H,50,59,63)/t26-,37?/m1/s1. The summed E-state index contributed by atoms with van der Waals surface area (Å²) in [6.45, 7) is 3.51. The number of fused-ring (bicyclic) bond motifs is 2. The summed E-state index contributed by atoms with van der Waals surface area (Å²) >= 11 is 0. The Balaban J connectivity index is 0.824. The lowest BCUT2D eigenvalue weighted by molar-refractivity contribution is -0.120. The molecule has 0 radical (unpaired) electrons. The number of anilines is 3. The summed E-state index contributed by atoms with van der Waals surface area (Å²) in [4.78, 5) is 47.7. The Kier molecular flexibility index (Phi) is 12.5. The number of nitriles is 1. The first-order valence-corrected chi connectivity index (χ1v) is 24.0. The molecule has 4 saturated heterocycles. The van der Waals surface area contributed by atoms with Crippen LogP contribution in [0.3, 0.4) is 0 Å². The highest BCUT2D eigenvalue weighted by atomic mass is 32.2. The predicted octanol–water partition coefficient (Wildman–Crippen LogP) is 3.52. The van der Waals surface area contributed by atoms with E-state index in [1.807, 2.05) is 9.80 Å². The van der Waals surface area contributed by atoms with E-state index in [-0.39, 0.29) is 79.4 Å². The number of hydrogen-bond acceptors (Lipinski definition) is 15. The maximum atomic E-state index is 15.8. The van der Waals surface area contributed by atoms with Crippen molar-refractivity contribution in [3.05, 3.63) is 70.3 Å². The van der Waals surface area contributed by atoms with Gasteiger partial charge < -0.3 is 29.7 Å². The number of carbonyl (C=O) groups is 2. The Morgan fingerprint density at radius 1 is 1.07 bits per heavy atom. The van der Waals surface area contributed by atoms with E-state index in [0.29, 0.717) is 62.0 Å². The number of aryl methyl sites for hydroxylation is 1. The molecule has 21 nitrogen and oxygen atoms in total. The second-order valence-electron chi connectivity index (χ2n) is 18.1. The van der Waals surface area contributed by atoms with Crippen molar-refractivity contribution in [2.24, 2.45) is 7.05 Å². The number of benzene rings is 3. The van der Waals surface area contributed by atoms with E-state index in [0.717, 1.165) is 16.4 Å². The number of halogens is 2. The molecule has 6 heterocycles. The fourth-order valence-electron chi connectivity index (χ4n) is 9.75. The summed E-state index contributed by atoms with van der Waals surface area (Å²) in [6.07, 6.45) is 2.55. The molecule has 4 aliphatic heterocycles. The van der Waals surface area contributed by atoms with E-state index < -0.39 is 74.0 Å². The third kappa shape index (κ3) is 8.89. The number of nitrogens with one attached hydrogen (secondary N) is 2. The number of aromatic hydroxyl groups is 1. The zero-order chi connectivity index (χ0) is 49.2. The van der Waals surface area contributed by atoms with Gasteiger partial charge in [-0.15, -0.1) is 0 Å². The summed E-state index contributed by atoms with van der Waals surface area (Å²) < 4.78 is 74.6. The zero-order valence-corrected chi connectivity index (χ0v) is 38.8. The third-order valence-electron chi connectivity index (χ3n) is 13.9. The molecule has 0 aliphatic carbocycles.